The summed E-state index contributed by atoms with van der Waals surface area (Å²) in [7, 11) is 0. The molecule has 20 heavy (non-hydrogen) atoms. The smallest absolute Gasteiger partial charge is 0.264 e. The zero-order valence-corrected chi connectivity index (χ0v) is 12.8. The fourth-order valence-corrected chi connectivity index (χ4v) is 3.36. The summed E-state index contributed by atoms with van der Waals surface area (Å²) in [6, 6.07) is 1.57. The molecule has 2 rings (SSSR count). The maximum absolute atomic E-state index is 12.7. The van der Waals surface area contributed by atoms with Gasteiger partial charge in [-0.3, -0.25) is 9.59 Å². The van der Waals surface area contributed by atoms with Gasteiger partial charge in [-0.25, -0.2) is 0 Å². The number of hydrogen-bond donors (Lipinski definition) is 2. The molecule has 1 aliphatic rings. The number of nitrogens with one attached hydrogen (secondary N) is 2. The number of amides is 2. The molecule has 6 heteroatoms. The van der Waals surface area contributed by atoms with Crippen molar-refractivity contribution < 1.29 is 9.59 Å². The topological polar surface area (TPSA) is 61.4 Å². The molecular formula is C14H21N3O2S. The number of nitrogens with zero attached hydrogens (tertiary/aromatic N) is 1. The predicted octanol–water partition coefficient (Wildman–Crippen LogP) is 0.861. The minimum atomic E-state index is -0.414. The highest BCUT2D eigenvalue weighted by atomic mass is 32.1. The second-order valence-electron chi connectivity index (χ2n) is 4.74. The summed E-state index contributed by atoms with van der Waals surface area (Å²) in [5.74, 6) is -0.0998. The van der Waals surface area contributed by atoms with Gasteiger partial charge in [0.1, 0.15) is 6.04 Å². The molecule has 110 valence electrons. The van der Waals surface area contributed by atoms with Gasteiger partial charge in [-0.15, -0.1) is 11.3 Å². The Hall–Kier alpha value is -1.40. The Morgan fingerprint density at radius 1 is 1.50 bits per heavy atom. The van der Waals surface area contributed by atoms with Crippen LogP contribution in [-0.4, -0.2) is 48.9 Å². The van der Waals surface area contributed by atoms with Crippen molar-refractivity contribution in [1.82, 2.24) is 15.5 Å². The lowest BCUT2D eigenvalue weighted by molar-refractivity contribution is -0.126. The van der Waals surface area contributed by atoms with Gasteiger partial charge in [-0.05, 0) is 30.4 Å². The third kappa shape index (κ3) is 3.02. The van der Waals surface area contributed by atoms with Gasteiger partial charge in [-0.1, -0.05) is 6.92 Å². The summed E-state index contributed by atoms with van der Waals surface area (Å²) in [5, 5.41) is 7.93. The van der Waals surface area contributed by atoms with E-state index < -0.39 is 6.04 Å². The molecule has 0 aliphatic carbocycles. The summed E-state index contributed by atoms with van der Waals surface area (Å²) in [4.78, 5) is 27.3. The standard InChI is InChI=1S/C14H21N3O2S/c1-3-10-5-8-20-12(10)14(19)17-7-6-15-9-11(17)13(18)16-4-2/h5,8,11,15H,3-4,6-7,9H2,1-2H3,(H,16,18). The highest BCUT2D eigenvalue weighted by molar-refractivity contribution is 7.12. The van der Waals surface area contributed by atoms with E-state index in [0.29, 0.717) is 19.6 Å². The lowest BCUT2D eigenvalue weighted by Gasteiger charge is -2.35. The van der Waals surface area contributed by atoms with Gasteiger partial charge >= 0.3 is 0 Å². The summed E-state index contributed by atoms with van der Waals surface area (Å²) >= 11 is 1.46. The molecule has 0 aromatic carbocycles. The van der Waals surface area contributed by atoms with Crippen molar-refractivity contribution in [1.29, 1.82) is 0 Å². The van der Waals surface area contributed by atoms with Crippen molar-refractivity contribution >= 4 is 23.2 Å². The quantitative estimate of drug-likeness (QED) is 0.866. The third-order valence-electron chi connectivity index (χ3n) is 3.48. The van der Waals surface area contributed by atoms with E-state index in [1.165, 1.54) is 11.3 Å². The normalized spacial score (nSPS) is 18.9. The van der Waals surface area contributed by atoms with Gasteiger partial charge in [0.05, 0.1) is 4.88 Å². The van der Waals surface area contributed by atoms with Crippen LogP contribution in [0.15, 0.2) is 11.4 Å². The molecule has 1 aromatic rings. The minimum absolute atomic E-state index is 0.0189. The largest absolute Gasteiger partial charge is 0.355 e. The molecule has 0 bridgehead atoms. The Kier molecular flexibility index (Phi) is 5.14. The molecule has 0 saturated carbocycles. The number of hydrogen-bond acceptors (Lipinski definition) is 4. The van der Waals surface area contributed by atoms with Crippen LogP contribution in [-0.2, 0) is 11.2 Å². The Morgan fingerprint density at radius 2 is 2.30 bits per heavy atom. The third-order valence-corrected chi connectivity index (χ3v) is 4.42. The van der Waals surface area contributed by atoms with Gasteiger partial charge in [0.25, 0.3) is 5.91 Å². The predicted molar refractivity (Wildman–Crippen MR) is 80.1 cm³/mol. The number of aryl methyl sites for hydroxylation is 1. The lowest BCUT2D eigenvalue weighted by atomic mass is 10.1. The molecule has 2 heterocycles. The molecule has 5 nitrogen and oxygen atoms in total. The molecule has 1 aliphatic heterocycles. The first-order valence-electron chi connectivity index (χ1n) is 7.04. The highest BCUT2D eigenvalue weighted by Crippen LogP contribution is 2.21. The SMILES string of the molecule is CCNC(=O)C1CNCCN1C(=O)c1sccc1CC. The van der Waals surface area contributed by atoms with Crippen LogP contribution in [0.2, 0.25) is 0 Å². The van der Waals surface area contributed by atoms with Crippen LogP contribution in [0.4, 0.5) is 0 Å². The van der Waals surface area contributed by atoms with Crippen molar-refractivity contribution in [2.75, 3.05) is 26.2 Å². The molecule has 0 radical (unpaired) electrons. The monoisotopic (exact) mass is 295 g/mol. The van der Waals surface area contributed by atoms with E-state index in [1.54, 1.807) is 4.90 Å². The van der Waals surface area contributed by atoms with Gasteiger partial charge in [0.2, 0.25) is 5.91 Å². The van der Waals surface area contributed by atoms with Gasteiger partial charge in [0.15, 0.2) is 0 Å². The number of likely N-dealkylation sites (N-methyl/N-ethyl adjacent to an activating group) is 1. The van der Waals surface area contributed by atoms with Crippen LogP contribution in [0.5, 0.6) is 0 Å². The van der Waals surface area contributed by atoms with Crippen LogP contribution < -0.4 is 10.6 Å². The van der Waals surface area contributed by atoms with E-state index in [2.05, 4.69) is 10.6 Å². The number of piperazine rings is 1. The van der Waals surface area contributed by atoms with E-state index in [-0.39, 0.29) is 11.8 Å². The summed E-state index contributed by atoms with van der Waals surface area (Å²) in [6.45, 7) is 6.32. The van der Waals surface area contributed by atoms with Crippen LogP contribution in [0.3, 0.4) is 0 Å². The fourth-order valence-electron chi connectivity index (χ4n) is 2.41. The second kappa shape index (κ2) is 6.85. The molecule has 2 amide bonds. The number of thiophene rings is 1. The van der Waals surface area contributed by atoms with Crippen LogP contribution in [0.1, 0.15) is 29.1 Å². The zero-order chi connectivity index (χ0) is 14.5. The Morgan fingerprint density at radius 3 is 3.00 bits per heavy atom. The highest BCUT2D eigenvalue weighted by Gasteiger charge is 2.33. The van der Waals surface area contributed by atoms with Crippen molar-refractivity contribution in [2.24, 2.45) is 0 Å². The summed E-state index contributed by atoms with van der Waals surface area (Å²) in [6.07, 6.45) is 0.836. The van der Waals surface area contributed by atoms with Crippen molar-refractivity contribution in [2.45, 2.75) is 26.3 Å². The molecule has 1 unspecified atom stereocenters. The van der Waals surface area contributed by atoms with E-state index in [4.69, 9.17) is 0 Å². The van der Waals surface area contributed by atoms with E-state index in [1.807, 2.05) is 25.3 Å². The summed E-state index contributed by atoms with van der Waals surface area (Å²) < 4.78 is 0. The van der Waals surface area contributed by atoms with Crippen LogP contribution in [0, 0.1) is 0 Å². The first-order chi connectivity index (χ1) is 9.69. The molecule has 1 fully saturated rings. The van der Waals surface area contributed by atoms with Gasteiger partial charge < -0.3 is 15.5 Å². The lowest BCUT2D eigenvalue weighted by Crippen LogP contribution is -2.59. The first-order valence-corrected chi connectivity index (χ1v) is 7.92. The number of carbonyl (C=O) groups is 2. The van der Waals surface area contributed by atoms with Gasteiger partial charge in [0, 0.05) is 26.2 Å². The van der Waals surface area contributed by atoms with Crippen LogP contribution >= 0.6 is 11.3 Å². The molecule has 2 N–H and O–H groups in total. The molecule has 1 aromatic heterocycles. The molecular weight excluding hydrogens is 274 g/mol. The number of carbonyl (C=O) groups excluding carboxylic acids is 2. The maximum atomic E-state index is 12.7. The van der Waals surface area contributed by atoms with Crippen LogP contribution in [0.25, 0.3) is 0 Å². The second-order valence-corrected chi connectivity index (χ2v) is 5.66. The Labute approximate surface area is 123 Å². The number of rotatable bonds is 4. The average Bonchev–Trinajstić information content (AvgIpc) is 2.95. The minimum Gasteiger partial charge on any atom is -0.355 e. The summed E-state index contributed by atoms with van der Waals surface area (Å²) in [5.41, 5.74) is 1.06. The molecule has 0 spiro atoms. The average molecular weight is 295 g/mol. The Bertz CT molecular complexity index is 487. The maximum Gasteiger partial charge on any atom is 0.264 e. The van der Waals surface area contributed by atoms with Crippen molar-refractivity contribution in [3.8, 4) is 0 Å². The Balaban J connectivity index is 2.19. The van der Waals surface area contributed by atoms with Crippen molar-refractivity contribution in [3.05, 3.63) is 21.9 Å². The van der Waals surface area contributed by atoms with E-state index in [9.17, 15) is 9.59 Å². The first kappa shape index (κ1) is 15.0. The van der Waals surface area contributed by atoms with E-state index in [0.717, 1.165) is 23.4 Å². The molecule has 1 saturated heterocycles. The fraction of sp³-hybridized carbons (Fsp3) is 0.571. The van der Waals surface area contributed by atoms with Crippen molar-refractivity contribution in [3.63, 3.8) is 0 Å². The van der Waals surface area contributed by atoms with E-state index >= 15 is 0 Å². The molecule has 1 atom stereocenters. The zero-order valence-electron chi connectivity index (χ0n) is 11.9. The van der Waals surface area contributed by atoms with Gasteiger partial charge in [-0.2, -0.15) is 0 Å².